The number of nitro groups is 1. The summed E-state index contributed by atoms with van der Waals surface area (Å²) < 4.78 is 0. The number of aliphatic hydroxyl groups excluding tert-OH is 1. The van der Waals surface area contributed by atoms with Crippen molar-refractivity contribution in [3.05, 3.63) is 69.8 Å². The van der Waals surface area contributed by atoms with Gasteiger partial charge in [0.05, 0.1) is 9.82 Å². The van der Waals surface area contributed by atoms with Crippen LogP contribution in [0.2, 0.25) is 0 Å². The van der Waals surface area contributed by atoms with Gasteiger partial charge >= 0.3 is 0 Å². The van der Waals surface area contributed by atoms with Crippen LogP contribution in [0, 0.1) is 10.1 Å². The van der Waals surface area contributed by atoms with Crippen LogP contribution in [0.25, 0.3) is 6.08 Å². The maximum atomic E-state index is 12.5. The fourth-order valence-corrected chi connectivity index (χ4v) is 4.76. The molecule has 33 heavy (non-hydrogen) atoms. The second kappa shape index (κ2) is 11.1. The lowest BCUT2D eigenvalue weighted by Gasteiger charge is -2.33. The highest BCUT2D eigenvalue weighted by molar-refractivity contribution is 7.99. The Balaban J connectivity index is 1.72. The molecule has 8 nitrogen and oxygen atoms in total. The molecule has 2 amide bonds. The molecule has 0 unspecified atom stereocenters. The molecule has 1 N–H and O–H groups in total. The number of benzene rings is 2. The Bertz CT molecular complexity index is 1060. The standard InChI is InChI=1S/C24H27N3O5S/c1-17(2)19-5-3-4-6-21(19)33-22-9-7-18(15-20(22)27(31)32)8-10-23(29)25-11-13-26(14-12-25)24(30)16-28/h3-10,15,17,28H,11-14,16H2,1-2H3. The lowest BCUT2D eigenvalue weighted by molar-refractivity contribution is -0.387. The maximum Gasteiger partial charge on any atom is 0.283 e. The number of amides is 2. The van der Waals surface area contributed by atoms with Gasteiger partial charge in [-0.1, -0.05) is 49.9 Å². The zero-order valence-electron chi connectivity index (χ0n) is 18.6. The summed E-state index contributed by atoms with van der Waals surface area (Å²) in [6.07, 6.45) is 2.96. The van der Waals surface area contributed by atoms with E-state index in [0.717, 1.165) is 10.5 Å². The lowest BCUT2D eigenvalue weighted by Crippen LogP contribution is -2.50. The van der Waals surface area contributed by atoms with E-state index in [1.165, 1.54) is 28.8 Å². The number of nitro benzene ring substituents is 1. The maximum absolute atomic E-state index is 12.5. The molecule has 0 radical (unpaired) electrons. The van der Waals surface area contributed by atoms with E-state index in [1.54, 1.807) is 23.1 Å². The number of carbonyl (C=O) groups is 2. The van der Waals surface area contributed by atoms with Gasteiger partial charge in [0, 0.05) is 43.2 Å². The van der Waals surface area contributed by atoms with Gasteiger partial charge in [-0.15, -0.1) is 0 Å². The van der Waals surface area contributed by atoms with Crippen molar-refractivity contribution in [3.63, 3.8) is 0 Å². The molecular weight excluding hydrogens is 442 g/mol. The summed E-state index contributed by atoms with van der Waals surface area (Å²) >= 11 is 1.37. The largest absolute Gasteiger partial charge is 0.387 e. The first kappa shape index (κ1) is 24.5. The first-order valence-electron chi connectivity index (χ1n) is 10.7. The van der Waals surface area contributed by atoms with Crippen molar-refractivity contribution in [1.29, 1.82) is 0 Å². The highest BCUT2D eigenvalue weighted by Crippen LogP contribution is 2.39. The number of rotatable bonds is 7. The van der Waals surface area contributed by atoms with Gasteiger partial charge in [-0.3, -0.25) is 19.7 Å². The van der Waals surface area contributed by atoms with E-state index in [2.05, 4.69) is 13.8 Å². The zero-order valence-corrected chi connectivity index (χ0v) is 19.5. The van der Waals surface area contributed by atoms with Crippen molar-refractivity contribution in [1.82, 2.24) is 9.80 Å². The molecule has 3 rings (SSSR count). The van der Waals surface area contributed by atoms with Gasteiger partial charge in [-0.25, -0.2) is 0 Å². The summed E-state index contributed by atoms with van der Waals surface area (Å²) in [6, 6.07) is 12.8. The Labute approximate surface area is 197 Å². The van der Waals surface area contributed by atoms with Crippen LogP contribution in [0.5, 0.6) is 0 Å². The van der Waals surface area contributed by atoms with Crippen molar-refractivity contribution in [2.24, 2.45) is 0 Å². The molecular formula is C24H27N3O5S. The minimum atomic E-state index is -0.538. The first-order valence-corrected chi connectivity index (χ1v) is 11.5. The predicted octanol–water partition coefficient (Wildman–Crippen LogP) is 3.55. The van der Waals surface area contributed by atoms with Crippen LogP contribution in [-0.4, -0.2) is 64.4 Å². The summed E-state index contributed by atoms with van der Waals surface area (Å²) in [6.45, 7) is 5.12. The normalized spacial score (nSPS) is 14.2. The molecule has 2 aromatic carbocycles. The number of hydrogen-bond donors (Lipinski definition) is 1. The van der Waals surface area contributed by atoms with Gasteiger partial charge in [0.1, 0.15) is 6.61 Å². The Morgan fingerprint density at radius 2 is 1.76 bits per heavy atom. The number of nitrogens with zero attached hydrogens (tertiary/aromatic N) is 3. The fourth-order valence-electron chi connectivity index (χ4n) is 3.59. The van der Waals surface area contributed by atoms with E-state index in [9.17, 15) is 19.7 Å². The van der Waals surface area contributed by atoms with Gasteiger partial charge < -0.3 is 14.9 Å². The topological polar surface area (TPSA) is 104 Å². The molecule has 0 aliphatic carbocycles. The van der Waals surface area contributed by atoms with E-state index in [1.807, 2.05) is 24.3 Å². The van der Waals surface area contributed by atoms with Crippen LogP contribution in [-0.2, 0) is 9.59 Å². The Morgan fingerprint density at radius 3 is 2.39 bits per heavy atom. The first-order chi connectivity index (χ1) is 15.8. The highest BCUT2D eigenvalue weighted by atomic mass is 32.2. The molecule has 2 aromatic rings. The smallest absolute Gasteiger partial charge is 0.283 e. The molecule has 0 aromatic heterocycles. The van der Waals surface area contributed by atoms with E-state index in [4.69, 9.17) is 5.11 Å². The van der Waals surface area contributed by atoms with Crippen LogP contribution < -0.4 is 0 Å². The van der Waals surface area contributed by atoms with E-state index in [0.29, 0.717) is 42.6 Å². The van der Waals surface area contributed by atoms with Gasteiger partial charge in [0.15, 0.2) is 0 Å². The zero-order chi connectivity index (χ0) is 24.0. The molecule has 1 aliphatic heterocycles. The van der Waals surface area contributed by atoms with Gasteiger partial charge in [-0.2, -0.15) is 0 Å². The molecule has 0 saturated carbocycles. The highest BCUT2D eigenvalue weighted by Gasteiger charge is 2.22. The third-order valence-electron chi connectivity index (χ3n) is 5.44. The number of carbonyl (C=O) groups excluding carboxylic acids is 2. The summed E-state index contributed by atoms with van der Waals surface area (Å²) in [5.41, 5.74) is 1.68. The van der Waals surface area contributed by atoms with Gasteiger partial charge in [0.25, 0.3) is 5.69 Å². The third-order valence-corrected chi connectivity index (χ3v) is 6.60. The summed E-state index contributed by atoms with van der Waals surface area (Å²) in [4.78, 5) is 40.0. The molecule has 1 aliphatic rings. The Hall–Kier alpha value is -3.17. The number of aliphatic hydroxyl groups is 1. The SMILES string of the molecule is CC(C)c1ccccc1Sc1ccc(C=CC(=O)N2CCN(C(=O)CO)CC2)cc1[N+](=O)[O-]. The number of piperazine rings is 1. The summed E-state index contributed by atoms with van der Waals surface area (Å²) in [5, 5.41) is 20.7. The quantitative estimate of drug-likeness (QED) is 0.378. The molecule has 0 bridgehead atoms. The van der Waals surface area contributed by atoms with Crippen molar-refractivity contribution in [3.8, 4) is 0 Å². The molecule has 174 valence electrons. The van der Waals surface area contributed by atoms with Crippen LogP contribution in [0.1, 0.15) is 30.9 Å². The molecule has 1 saturated heterocycles. The van der Waals surface area contributed by atoms with Crippen LogP contribution in [0.15, 0.2) is 58.3 Å². The lowest BCUT2D eigenvalue weighted by atomic mass is 10.0. The molecule has 0 spiro atoms. The second-order valence-corrected chi connectivity index (χ2v) is 9.06. The van der Waals surface area contributed by atoms with Gasteiger partial charge in [-0.05, 0) is 35.3 Å². The van der Waals surface area contributed by atoms with Gasteiger partial charge in [0.2, 0.25) is 11.8 Å². The van der Waals surface area contributed by atoms with Crippen LogP contribution in [0.3, 0.4) is 0 Å². The predicted molar refractivity (Wildman–Crippen MR) is 127 cm³/mol. The van der Waals surface area contributed by atoms with E-state index >= 15 is 0 Å². The summed E-state index contributed by atoms with van der Waals surface area (Å²) in [7, 11) is 0. The van der Waals surface area contributed by atoms with Crippen molar-refractivity contribution in [2.45, 2.75) is 29.6 Å². The minimum Gasteiger partial charge on any atom is -0.387 e. The second-order valence-electron chi connectivity index (χ2n) is 7.98. The monoisotopic (exact) mass is 469 g/mol. The average molecular weight is 470 g/mol. The summed E-state index contributed by atoms with van der Waals surface area (Å²) in [5.74, 6) is -0.276. The van der Waals surface area contributed by atoms with E-state index < -0.39 is 11.5 Å². The fraction of sp³-hybridized carbons (Fsp3) is 0.333. The average Bonchev–Trinajstić information content (AvgIpc) is 2.82. The van der Waals surface area contributed by atoms with Crippen molar-refractivity contribution >= 4 is 35.3 Å². The van der Waals surface area contributed by atoms with E-state index in [-0.39, 0.29) is 17.5 Å². The van der Waals surface area contributed by atoms with Crippen molar-refractivity contribution < 1.29 is 19.6 Å². The van der Waals surface area contributed by atoms with Crippen molar-refractivity contribution in [2.75, 3.05) is 32.8 Å². The molecule has 1 heterocycles. The molecule has 9 heteroatoms. The molecule has 1 fully saturated rings. The Morgan fingerprint density at radius 1 is 1.09 bits per heavy atom. The Kier molecular flexibility index (Phi) is 8.24. The van der Waals surface area contributed by atoms with Crippen LogP contribution in [0.4, 0.5) is 5.69 Å². The minimum absolute atomic E-state index is 0.00992. The third kappa shape index (κ3) is 6.21. The number of hydrogen-bond acceptors (Lipinski definition) is 6. The molecule has 0 atom stereocenters. The van der Waals surface area contributed by atoms with Crippen LogP contribution >= 0.6 is 11.8 Å².